The van der Waals surface area contributed by atoms with Gasteiger partial charge in [-0.1, -0.05) is 48.0 Å². The molecule has 0 aromatic rings. The molecule has 0 unspecified atom stereocenters. The number of alkyl halides is 1. The van der Waals surface area contributed by atoms with Crippen molar-refractivity contribution < 1.29 is 4.74 Å². The molecule has 0 aromatic heterocycles. The second kappa shape index (κ2) is 13.8. The molecule has 0 bridgehead atoms. The van der Waals surface area contributed by atoms with Crippen molar-refractivity contribution in [2.45, 2.75) is 64.8 Å². The third kappa shape index (κ3) is 11.5. The summed E-state index contributed by atoms with van der Waals surface area (Å²) < 4.78 is 5.16. The number of ether oxygens (including phenoxy) is 1. The van der Waals surface area contributed by atoms with E-state index in [2.05, 4.69) is 34.7 Å². The molecule has 0 aliphatic carbocycles. The number of methoxy groups -OCH3 is 1. The van der Waals surface area contributed by atoms with E-state index in [4.69, 9.17) is 4.74 Å². The molecule has 0 aromatic carbocycles. The van der Waals surface area contributed by atoms with Gasteiger partial charge in [-0.2, -0.15) is 0 Å². The summed E-state index contributed by atoms with van der Waals surface area (Å²) in [5.41, 5.74) is 0. The Labute approximate surface area is 123 Å². The van der Waals surface area contributed by atoms with E-state index in [-0.39, 0.29) is 0 Å². The molecule has 0 saturated carbocycles. The maximum atomic E-state index is 5.16. The number of halogens is 1. The van der Waals surface area contributed by atoms with E-state index in [1.54, 1.807) is 7.11 Å². The molecule has 0 spiro atoms. The Hall–Kier alpha value is 0.400. The summed E-state index contributed by atoms with van der Waals surface area (Å²) in [6, 6.07) is 0.638. The Bertz CT molecular complexity index is 165. The number of hydrogen-bond acceptors (Lipinski definition) is 2. The van der Waals surface area contributed by atoms with Gasteiger partial charge in [0, 0.05) is 25.0 Å². The Morgan fingerprint density at radius 3 is 1.94 bits per heavy atom. The average Bonchev–Trinajstić information content (AvgIpc) is 2.35. The van der Waals surface area contributed by atoms with Crippen molar-refractivity contribution >= 4 is 15.9 Å². The Morgan fingerprint density at radius 2 is 1.44 bits per heavy atom. The molecule has 110 valence electrons. The van der Waals surface area contributed by atoms with Crippen LogP contribution in [-0.2, 0) is 4.74 Å². The topological polar surface area (TPSA) is 12.5 Å². The summed E-state index contributed by atoms with van der Waals surface area (Å²) in [6.07, 6.45) is 9.65. The molecule has 0 fully saturated rings. The van der Waals surface area contributed by atoms with Crippen LogP contribution in [0.5, 0.6) is 0 Å². The molecule has 0 rings (SSSR count). The van der Waals surface area contributed by atoms with Gasteiger partial charge in [-0.15, -0.1) is 0 Å². The lowest BCUT2D eigenvalue weighted by Crippen LogP contribution is -2.34. The number of nitrogens with zero attached hydrogens (tertiary/aromatic N) is 1. The van der Waals surface area contributed by atoms with Crippen LogP contribution in [0, 0.1) is 0 Å². The van der Waals surface area contributed by atoms with Gasteiger partial charge in [-0.3, -0.25) is 4.90 Å². The minimum atomic E-state index is 0.638. The summed E-state index contributed by atoms with van der Waals surface area (Å²) in [4.78, 5) is 2.52. The van der Waals surface area contributed by atoms with Gasteiger partial charge in [0.1, 0.15) is 0 Å². The molecular weight excluding hydrogens is 290 g/mol. The number of hydrogen-bond donors (Lipinski definition) is 0. The van der Waals surface area contributed by atoms with E-state index in [1.165, 1.54) is 51.5 Å². The predicted octanol–water partition coefficient (Wildman–Crippen LogP) is 4.47. The largest absolute Gasteiger partial charge is 0.383 e. The molecule has 0 atom stereocenters. The Kier molecular flexibility index (Phi) is 14.1. The molecule has 3 heteroatoms. The summed E-state index contributed by atoms with van der Waals surface area (Å²) in [7, 11) is 1.78. The summed E-state index contributed by atoms with van der Waals surface area (Å²) in [5.74, 6) is 0. The van der Waals surface area contributed by atoms with Crippen molar-refractivity contribution in [1.29, 1.82) is 0 Å². The molecule has 0 amide bonds. The van der Waals surface area contributed by atoms with Gasteiger partial charge >= 0.3 is 0 Å². The lowest BCUT2D eigenvalue weighted by Gasteiger charge is -2.26. The van der Waals surface area contributed by atoms with E-state index >= 15 is 0 Å². The van der Waals surface area contributed by atoms with Gasteiger partial charge in [0.15, 0.2) is 0 Å². The van der Waals surface area contributed by atoms with E-state index in [1.807, 2.05) is 0 Å². The van der Waals surface area contributed by atoms with Crippen molar-refractivity contribution in [2.75, 3.05) is 32.1 Å². The summed E-state index contributed by atoms with van der Waals surface area (Å²) >= 11 is 3.48. The first kappa shape index (κ1) is 18.4. The first-order valence-corrected chi connectivity index (χ1v) is 8.63. The third-order valence-electron chi connectivity index (χ3n) is 3.39. The van der Waals surface area contributed by atoms with E-state index < -0.39 is 0 Å². The SMILES string of the molecule is COCCN(CCCCCCCCCBr)C(C)C. The van der Waals surface area contributed by atoms with E-state index in [9.17, 15) is 0 Å². The van der Waals surface area contributed by atoms with Gasteiger partial charge < -0.3 is 4.74 Å². The van der Waals surface area contributed by atoms with Crippen molar-refractivity contribution in [1.82, 2.24) is 4.90 Å². The molecule has 0 aliphatic rings. The van der Waals surface area contributed by atoms with E-state index in [0.29, 0.717) is 6.04 Å². The van der Waals surface area contributed by atoms with Crippen LogP contribution in [0.2, 0.25) is 0 Å². The zero-order chi connectivity index (χ0) is 13.6. The zero-order valence-electron chi connectivity index (χ0n) is 12.6. The number of rotatable bonds is 13. The molecule has 2 nitrogen and oxygen atoms in total. The highest BCUT2D eigenvalue weighted by Gasteiger charge is 2.07. The van der Waals surface area contributed by atoms with Crippen LogP contribution in [0.3, 0.4) is 0 Å². The average molecular weight is 322 g/mol. The van der Waals surface area contributed by atoms with Crippen molar-refractivity contribution in [2.24, 2.45) is 0 Å². The fourth-order valence-electron chi connectivity index (χ4n) is 2.13. The molecule has 0 N–H and O–H groups in total. The van der Waals surface area contributed by atoms with Crippen molar-refractivity contribution in [3.63, 3.8) is 0 Å². The molecule has 0 aliphatic heterocycles. The summed E-state index contributed by atoms with van der Waals surface area (Å²) in [5, 5.41) is 1.16. The lowest BCUT2D eigenvalue weighted by molar-refractivity contribution is 0.128. The maximum absolute atomic E-state index is 5.16. The smallest absolute Gasteiger partial charge is 0.0589 e. The molecule has 0 radical (unpaired) electrons. The highest BCUT2D eigenvalue weighted by molar-refractivity contribution is 9.09. The second-order valence-electron chi connectivity index (χ2n) is 5.29. The van der Waals surface area contributed by atoms with Gasteiger partial charge in [0.05, 0.1) is 6.61 Å². The molecular formula is C15H32BrNO. The highest BCUT2D eigenvalue weighted by atomic mass is 79.9. The fourth-order valence-corrected chi connectivity index (χ4v) is 2.53. The lowest BCUT2D eigenvalue weighted by atomic mass is 10.1. The minimum absolute atomic E-state index is 0.638. The van der Waals surface area contributed by atoms with E-state index in [0.717, 1.165) is 18.5 Å². The van der Waals surface area contributed by atoms with Crippen LogP contribution < -0.4 is 0 Å². The van der Waals surface area contributed by atoms with Gasteiger partial charge in [-0.05, 0) is 33.2 Å². The monoisotopic (exact) mass is 321 g/mol. The standard InChI is InChI=1S/C15H32BrNO/c1-15(2)17(13-14-18-3)12-10-8-6-4-5-7-9-11-16/h15H,4-14H2,1-3H3. The predicted molar refractivity (Wildman–Crippen MR) is 84.7 cm³/mol. The molecule has 18 heavy (non-hydrogen) atoms. The molecule has 0 saturated heterocycles. The quantitative estimate of drug-likeness (QED) is 0.366. The van der Waals surface area contributed by atoms with Crippen molar-refractivity contribution in [3.8, 4) is 0 Å². The van der Waals surface area contributed by atoms with Crippen LogP contribution in [0.25, 0.3) is 0 Å². The van der Waals surface area contributed by atoms with Crippen LogP contribution in [0.1, 0.15) is 58.8 Å². The second-order valence-corrected chi connectivity index (χ2v) is 6.08. The van der Waals surface area contributed by atoms with Gasteiger partial charge in [0.2, 0.25) is 0 Å². The fraction of sp³-hybridized carbons (Fsp3) is 1.00. The van der Waals surface area contributed by atoms with Crippen LogP contribution in [-0.4, -0.2) is 43.1 Å². The summed E-state index contributed by atoms with van der Waals surface area (Å²) in [6.45, 7) is 7.69. The first-order chi connectivity index (χ1) is 8.72. The highest BCUT2D eigenvalue weighted by Crippen LogP contribution is 2.09. The minimum Gasteiger partial charge on any atom is -0.383 e. The first-order valence-electron chi connectivity index (χ1n) is 7.51. The van der Waals surface area contributed by atoms with Gasteiger partial charge in [0.25, 0.3) is 0 Å². The number of unbranched alkanes of at least 4 members (excludes halogenated alkanes) is 6. The normalized spacial score (nSPS) is 11.7. The van der Waals surface area contributed by atoms with Crippen molar-refractivity contribution in [3.05, 3.63) is 0 Å². The molecule has 0 heterocycles. The van der Waals surface area contributed by atoms with Crippen LogP contribution >= 0.6 is 15.9 Å². The third-order valence-corrected chi connectivity index (χ3v) is 3.95. The van der Waals surface area contributed by atoms with Crippen LogP contribution in [0.4, 0.5) is 0 Å². The maximum Gasteiger partial charge on any atom is 0.0589 e. The Balaban J connectivity index is 3.37. The zero-order valence-corrected chi connectivity index (χ0v) is 14.2. The van der Waals surface area contributed by atoms with Crippen LogP contribution in [0.15, 0.2) is 0 Å². The Morgan fingerprint density at radius 1 is 0.889 bits per heavy atom. The van der Waals surface area contributed by atoms with Gasteiger partial charge in [-0.25, -0.2) is 0 Å².